The molecule has 0 radical (unpaired) electrons. The van der Waals surface area contributed by atoms with E-state index < -0.39 is 17.7 Å². The van der Waals surface area contributed by atoms with E-state index in [1.165, 1.54) is 4.90 Å². The van der Waals surface area contributed by atoms with Gasteiger partial charge in [-0.1, -0.05) is 29.8 Å². The molecule has 30 heavy (non-hydrogen) atoms. The van der Waals surface area contributed by atoms with Crippen LogP contribution in [0.2, 0.25) is 0 Å². The van der Waals surface area contributed by atoms with Crippen LogP contribution in [-0.2, 0) is 9.59 Å². The number of carbonyl (C=O) groups is 2. The number of nitrogens with zero attached hydrogens (tertiary/aromatic N) is 1. The molecule has 1 atom stereocenters. The molecule has 4 rings (SSSR count). The van der Waals surface area contributed by atoms with E-state index in [-0.39, 0.29) is 11.3 Å². The van der Waals surface area contributed by atoms with Crippen molar-refractivity contribution in [2.75, 3.05) is 12.0 Å². The van der Waals surface area contributed by atoms with Crippen molar-refractivity contribution in [1.29, 1.82) is 0 Å². The Labute approximate surface area is 174 Å². The van der Waals surface area contributed by atoms with Crippen LogP contribution >= 0.6 is 0 Å². The standard InChI is InChI=1S/C24H21NO5/c1-14-4-7-16(8-5-14)22(26)20-21(19-13-6-15(2)30-19)25(24(28)23(20)27)17-9-11-18(29-3)12-10-17/h4-13,21,26H,1-3H3/b22-20-. The molecule has 1 N–H and O–H groups in total. The summed E-state index contributed by atoms with van der Waals surface area (Å²) in [6, 6.07) is 16.5. The predicted molar refractivity (Wildman–Crippen MR) is 112 cm³/mol. The molecule has 0 bridgehead atoms. The Kier molecular flexibility index (Phi) is 4.91. The lowest BCUT2D eigenvalue weighted by atomic mass is 9.98. The molecule has 2 heterocycles. The minimum absolute atomic E-state index is 0.00554. The molecule has 1 aliphatic rings. The molecule has 2 aromatic carbocycles. The third kappa shape index (κ3) is 3.26. The van der Waals surface area contributed by atoms with Gasteiger partial charge in [0.1, 0.15) is 29.1 Å². The van der Waals surface area contributed by atoms with Gasteiger partial charge in [-0.15, -0.1) is 0 Å². The van der Waals surface area contributed by atoms with Gasteiger partial charge in [0.25, 0.3) is 11.7 Å². The first-order valence-corrected chi connectivity index (χ1v) is 9.49. The Balaban J connectivity index is 1.90. The summed E-state index contributed by atoms with van der Waals surface area (Å²) in [6.45, 7) is 3.71. The second kappa shape index (κ2) is 7.55. The van der Waals surface area contributed by atoms with Crippen LogP contribution in [0.5, 0.6) is 5.75 Å². The van der Waals surface area contributed by atoms with Crippen molar-refractivity contribution in [2.24, 2.45) is 0 Å². The van der Waals surface area contributed by atoms with E-state index in [4.69, 9.17) is 9.15 Å². The summed E-state index contributed by atoms with van der Waals surface area (Å²) < 4.78 is 11.0. The van der Waals surface area contributed by atoms with Crippen LogP contribution in [0.3, 0.4) is 0 Å². The summed E-state index contributed by atoms with van der Waals surface area (Å²) in [7, 11) is 1.55. The summed E-state index contributed by atoms with van der Waals surface area (Å²) in [6.07, 6.45) is 0. The Hall–Kier alpha value is -3.80. The highest BCUT2D eigenvalue weighted by atomic mass is 16.5. The lowest BCUT2D eigenvalue weighted by molar-refractivity contribution is -0.132. The SMILES string of the molecule is COc1ccc(N2C(=O)C(=O)/C(=C(\O)c3ccc(C)cc3)C2c2ccc(C)o2)cc1. The van der Waals surface area contributed by atoms with Crippen molar-refractivity contribution < 1.29 is 23.8 Å². The molecule has 0 aliphatic carbocycles. The normalized spacial score (nSPS) is 18.1. The van der Waals surface area contributed by atoms with Gasteiger partial charge in [-0.25, -0.2) is 0 Å². The van der Waals surface area contributed by atoms with Crippen molar-refractivity contribution >= 4 is 23.1 Å². The molecule has 1 aromatic heterocycles. The zero-order chi connectivity index (χ0) is 21.4. The minimum atomic E-state index is -0.881. The topological polar surface area (TPSA) is 80.0 Å². The Morgan fingerprint density at radius 2 is 1.63 bits per heavy atom. The molecular weight excluding hydrogens is 382 g/mol. The van der Waals surface area contributed by atoms with E-state index in [2.05, 4.69) is 0 Å². The smallest absolute Gasteiger partial charge is 0.300 e. The number of amides is 1. The maximum absolute atomic E-state index is 13.0. The van der Waals surface area contributed by atoms with Crippen molar-refractivity contribution in [2.45, 2.75) is 19.9 Å². The van der Waals surface area contributed by atoms with Gasteiger partial charge in [0.2, 0.25) is 0 Å². The Morgan fingerprint density at radius 1 is 0.967 bits per heavy atom. The molecule has 1 saturated heterocycles. The number of methoxy groups -OCH3 is 1. The highest BCUT2D eigenvalue weighted by molar-refractivity contribution is 6.51. The van der Waals surface area contributed by atoms with E-state index in [0.29, 0.717) is 28.5 Å². The second-order valence-electron chi connectivity index (χ2n) is 7.18. The van der Waals surface area contributed by atoms with Crippen molar-refractivity contribution in [3.8, 4) is 5.75 Å². The van der Waals surface area contributed by atoms with Gasteiger partial charge in [-0.3, -0.25) is 14.5 Å². The highest BCUT2D eigenvalue weighted by Gasteiger charge is 2.48. The number of Topliss-reactive ketones (excluding diaryl/α,β-unsaturated/α-hetero) is 1. The van der Waals surface area contributed by atoms with E-state index in [1.54, 1.807) is 62.6 Å². The molecule has 1 aliphatic heterocycles. The monoisotopic (exact) mass is 403 g/mol. The minimum Gasteiger partial charge on any atom is -0.507 e. The highest BCUT2D eigenvalue weighted by Crippen LogP contribution is 2.42. The van der Waals surface area contributed by atoms with Gasteiger partial charge in [-0.05, 0) is 50.2 Å². The number of rotatable bonds is 4. The molecule has 1 amide bonds. The summed E-state index contributed by atoms with van der Waals surface area (Å²) in [4.78, 5) is 27.4. The molecular formula is C24H21NO5. The summed E-state index contributed by atoms with van der Waals surface area (Å²) in [5, 5.41) is 11.0. The molecule has 6 heteroatoms. The first-order chi connectivity index (χ1) is 14.4. The zero-order valence-electron chi connectivity index (χ0n) is 16.9. The fraction of sp³-hybridized carbons (Fsp3) is 0.167. The number of carbonyl (C=O) groups excluding carboxylic acids is 2. The van der Waals surface area contributed by atoms with Crippen LogP contribution in [0.4, 0.5) is 5.69 Å². The zero-order valence-corrected chi connectivity index (χ0v) is 16.9. The predicted octanol–water partition coefficient (Wildman–Crippen LogP) is 4.53. The molecule has 0 saturated carbocycles. The fourth-order valence-electron chi connectivity index (χ4n) is 3.58. The maximum Gasteiger partial charge on any atom is 0.300 e. The number of ketones is 1. The first kappa shape index (κ1) is 19.5. The number of anilines is 1. The van der Waals surface area contributed by atoms with Crippen LogP contribution in [0.1, 0.15) is 28.7 Å². The fourth-order valence-corrected chi connectivity index (χ4v) is 3.58. The Morgan fingerprint density at radius 3 is 2.20 bits per heavy atom. The van der Waals surface area contributed by atoms with E-state index >= 15 is 0 Å². The van der Waals surface area contributed by atoms with Crippen LogP contribution < -0.4 is 9.64 Å². The number of aliphatic hydroxyl groups excluding tert-OH is 1. The van der Waals surface area contributed by atoms with E-state index in [1.807, 2.05) is 19.1 Å². The number of hydrogen-bond acceptors (Lipinski definition) is 5. The molecule has 1 unspecified atom stereocenters. The maximum atomic E-state index is 13.0. The van der Waals surface area contributed by atoms with Crippen LogP contribution in [0.15, 0.2) is 70.7 Å². The average molecular weight is 403 g/mol. The molecule has 6 nitrogen and oxygen atoms in total. The molecule has 0 spiro atoms. The largest absolute Gasteiger partial charge is 0.507 e. The number of aliphatic hydroxyl groups is 1. The lowest BCUT2D eigenvalue weighted by Crippen LogP contribution is -2.29. The molecule has 152 valence electrons. The van der Waals surface area contributed by atoms with Crippen molar-refractivity contribution in [3.63, 3.8) is 0 Å². The summed E-state index contributed by atoms with van der Waals surface area (Å²) in [5.41, 5.74) is 1.97. The Bertz CT molecular complexity index is 1140. The van der Waals surface area contributed by atoms with Gasteiger partial charge in [-0.2, -0.15) is 0 Å². The van der Waals surface area contributed by atoms with Crippen LogP contribution in [-0.4, -0.2) is 23.9 Å². The van der Waals surface area contributed by atoms with E-state index in [0.717, 1.165) is 5.56 Å². The van der Waals surface area contributed by atoms with Crippen LogP contribution in [0, 0.1) is 13.8 Å². The molecule has 1 fully saturated rings. The third-order valence-electron chi connectivity index (χ3n) is 5.15. The van der Waals surface area contributed by atoms with Crippen molar-refractivity contribution in [1.82, 2.24) is 0 Å². The van der Waals surface area contributed by atoms with Gasteiger partial charge in [0, 0.05) is 11.3 Å². The number of aryl methyl sites for hydroxylation is 2. The third-order valence-corrected chi connectivity index (χ3v) is 5.15. The average Bonchev–Trinajstić information content (AvgIpc) is 3.29. The van der Waals surface area contributed by atoms with Crippen molar-refractivity contribution in [3.05, 3.63) is 88.9 Å². The quantitative estimate of drug-likeness (QED) is 0.393. The number of hydrogen-bond donors (Lipinski definition) is 1. The number of ether oxygens (including phenoxy) is 1. The summed E-state index contributed by atoms with van der Waals surface area (Å²) in [5.74, 6) is -0.0588. The lowest BCUT2D eigenvalue weighted by Gasteiger charge is -2.23. The number of furan rings is 1. The van der Waals surface area contributed by atoms with Gasteiger partial charge in [0.15, 0.2) is 0 Å². The second-order valence-corrected chi connectivity index (χ2v) is 7.18. The number of benzene rings is 2. The summed E-state index contributed by atoms with van der Waals surface area (Å²) >= 11 is 0. The first-order valence-electron chi connectivity index (χ1n) is 9.49. The molecule has 3 aromatic rings. The van der Waals surface area contributed by atoms with Crippen LogP contribution in [0.25, 0.3) is 5.76 Å². The van der Waals surface area contributed by atoms with Gasteiger partial charge in [0.05, 0.1) is 12.7 Å². The van der Waals surface area contributed by atoms with Gasteiger partial charge >= 0.3 is 0 Å². The van der Waals surface area contributed by atoms with E-state index in [9.17, 15) is 14.7 Å². The van der Waals surface area contributed by atoms with Gasteiger partial charge < -0.3 is 14.3 Å².